The molecule has 2 unspecified atom stereocenters. The Morgan fingerprint density at radius 2 is 0.667 bits per heavy atom. The van der Waals surface area contributed by atoms with E-state index in [-0.39, 0.29) is 66.8 Å². The van der Waals surface area contributed by atoms with E-state index in [0.717, 1.165) is 11.8 Å². The summed E-state index contributed by atoms with van der Waals surface area (Å²) in [5, 5.41) is 0. The highest BCUT2D eigenvalue weighted by atomic mass is 14.1. The third kappa shape index (κ3) is 23.4. The van der Waals surface area contributed by atoms with Crippen LogP contribution in [-0.4, -0.2) is 0 Å². The fraction of sp³-hybridized carbons (Fsp3) is 0.636. The highest BCUT2D eigenvalue weighted by Gasteiger charge is 2.06. The first-order valence-corrected chi connectivity index (χ1v) is 9.86. The van der Waals surface area contributed by atoms with Crippen molar-refractivity contribution in [1.82, 2.24) is 0 Å². The summed E-state index contributed by atoms with van der Waals surface area (Å²) < 4.78 is 0. The van der Waals surface area contributed by atoms with Gasteiger partial charge in [0.15, 0.2) is 0 Å². The van der Waals surface area contributed by atoms with E-state index in [2.05, 4.69) is 88.4 Å². The van der Waals surface area contributed by atoms with Crippen LogP contribution in [0.25, 0.3) is 0 Å². The molecule has 2 atom stereocenters. The average Bonchev–Trinajstić information content (AvgIpc) is 2.66. The molecule has 2 rings (SSSR count). The maximum absolute atomic E-state index is 2.27. The van der Waals surface area contributed by atoms with E-state index in [4.69, 9.17) is 0 Å². The zero-order valence-corrected chi connectivity index (χ0v) is 16.2. The van der Waals surface area contributed by atoms with Crippen molar-refractivity contribution in [2.75, 3.05) is 0 Å². The summed E-state index contributed by atoms with van der Waals surface area (Å²) in [6, 6.07) is 21.7. The average molecular weight is 469 g/mol. The van der Waals surface area contributed by atoms with Crippen LogP contribution in [0.3, 0.4) is 0 Å². The van der Waals surface area contributed by atoms with Gasteiger partial charge in [-0.25, -0.2) is 0 Å². The van der Waals surface area contributed by atoms with Crippen LogP contribution in [0, 0.1) is 0 Å². The second-order valence-electron chi connectivity index (χ2n) is 6.61. The predicted octanol–water partition coefficient (Wildman–Crippen LogP) is 13.7. The Morgan fingerprint density at radius 3 is 0.848 bits per heavy atom. The van der Waals surface area contributed by atoms with Crippen molar-refractivity contribution in [3.63, 3.8) is 0 Å². The zero-order valence-electron chi connectivity index (χ0n) is 16.2. The highest BCUT2D eigenvalue weighted by Crippen LogP contribution is 2.24. The summed E-state index contributed by atoms with van der Waals surface area (Å²) in [5.41, 5.74) is 3.00. The fourth-order valence-corrected chi connectivity index (χ4v) is 3.36. The minimum Gasteiger partial charge on any atom is -0.0776 e. The smallest absolute Gasteiger partial charge is 0.0165 e. The van der Waals surface area contributed by atoms with E-state index in [9.17, 15) is 0 Å². The van der Waals surface area contributed by atoms with Crippen LogP contribution >= 0.6 is 0 Å². The van der Waals surface area contributed by atoms with Gasteiger partial charge in [0.2, 0.25) is 0 Å². The van der Waals surface area contributed by atoms with Gasteiger partial charge in [-0.1, -0.05) is 168 Å². The molecule has 0 aliphatic rings. The normalized spacial score (nSPS) is 9.33. The highest BCUT2D eigenvalue weighted by molar-refractivity contribution is 5.19. The topological polar surface area (TPSA) is 0 Å². The van der Waals surface area contributed by atoms with E-state index < -0.39 is 0 Å². The van der Waals surface area contributed by atoms with E-state index in [1.54, 1.807) is 0 Å². The Labute approximate surface area is 216 Å². The predicted molar refractivity (Wildman–Crippen MR) is 169 cm³/mol. The molecule has 0 amide bonds. The molecule has 0 saturated heterocycles. The monoisotopic (exact) mass is 469 g/mol. The molecule has 2 aromatic carbocycles. The van der Waals surface area contributed by atoms with Gasteiger partial charge in [-0.15, -0.1) is 0 Å². The van der Waals surface area contributed by atoms with Crippen LogP contribution in [0.1, 0.15) is 156 Å². The lowest BCUT2D eigenvalue weighted by atomic mass is 9.92. The van der Waals surface area contributed by atoms with Crippen molar-refractivity contribution >= 4 is 0 Å². The third-order valence-corrected chi connectivity index (χ3v) is 4.80. The Hall–Kier alpha value is -1.56. The lowest BCUT2D eigenvalue weighted by Gasteiger charge is -2.13. The van der Waals surface area contributed by atoms with Gasteiger partial charge in [0.1, 0.15) is 0 Å². The molecule has 0 aromatic heterocycles. The summed E-state index contributed by atoms with van der Waals surface area (Å²) in [6.07, 6.45) is 7.73. The second kappa shape index (κ2) is 37.7. The SMILES string of the molecule is C.C.C.C.C.C.C.C.C.CCCC(CC)c1ccccc1.CCCC(CC)c1ccccc1. The van der Waals surface area contributed by atoms with E-state index in [1.165, 1.54) is 49.7 Å². The molecule has 0 bridgehead atoms. The van der Waals surface area contributed by atoms with Gasteiger partial charge < -0.3 is 0 Å². The van der Waals surface area contributed by atoms with Crippen molar-refractivity contribution < 1.29 is 0 Å². The first-order valence-electron chi connectivity index (χ1n) is 9.86. The van der Waals surface area contributed by atoms with Crippen LogP contribution < -0.4 is 0 Å². The van der Waals surface area contributed by atoms with Crippen LogP contribution in [-0.2, 0) is 0 Å². The number of rotatable bonds is 8. The van der Waals surface area contributed by atoms with Gasteiger partial charge in [0, 0.05) is 0 Å². The van der Waals surface area contributed by atoms with Crippen molar-refractivity contribution in [3.8, 4) is 0 Å². The molecule has 0 radical (unpaired) electrons. The van der Waals surface area contributed by atoms with Gasteiger partial charge in [-0.3, -0.25) is 0 Å². The molecule has 204 valence electrons. The fourth-order valence-electron chi connectivity index (χ4n) is 3.36. The van der Waals surface area contributed by atoms with Gasteiger partial charge in [-0.2, -0.15) is 0 Å². The first kappa shape index (κ1) is 57.9. The molecule has 0 nitrogen and oxygen atoms in total. The summed E-state index contributed by atoms with van der Waals surface area (Å²) >= 11 is 0. The lowest BCUT2D eigenvalue weighted by molar-refractivity contribution is 0.596. The van der Waals surface area contributed by atoms with Gasteiger partial charge in [-0.05, 0) is 48.6 Å². The molecule has 0 heterocycles. The minimum absolute atomic E-state index is 0. The molecule has 0 spiro atoms. The molecular weight excluding hydrogens is 396 g/mol. The Kier molecular flexibility index (Phi) is 66.2. The summed E-state index contributed by atoms with van der Waals surface area (Å²) in [5.74, 6) is 1.55. The molecule has 0 aliphatic carbocycles. The largest absolute Gasteiger partial charge is 0.0776 e. The first-order chi connectivity index (χ1) is 11.8. The zero-order chi connectivity index (χ0) is 17.6. The molecule has 0 saturated carbocycles. The molecule has 0 heteroatoms. The standard InChI is InChI=1S/2C12H18.9CH4/c2*1-3-8-11(4-2)12-9-6-5-7-10-12;;;;;;;;;/h2*5-7,9-11H,3-4,8H2,1-2H3;9*1H4. The van der Waals surface area contributed by atoms with Gasteiger partial charge >= 0.3 is 0 Å². The summed E-state index contributed by atoms with van der Waals surface area (Å²) in [4.78, 5) is 0. The number of hydrogen-bond acceptors (Lipinski definition) is 0. The molecule has 0 aliphatic heterocycles. The summed E-state index contributed by atoms with van der Waals surface area (Å²) in [7, 11) is 0. The lowest BCUT2D eigenvalue weighted by Crippen LogP contribution is -1.95. The quantitative estimate of drug-likeness (QED) is 0.361. The van der Waals surface area contributed by atoms with E-state index in [0.29, 0.717) is 0 Å². The van der Waals surface area contributed by atoms with Crippen LogP contribution in [0.4, 0.5) is 0 Å². The van der Waals surface area contributed by atoms with Crippen LogP contribution in [0.5, 0.6) is 0 Å². The van der Waals surface area contributed by atoms with E-state index in [1.807, 2.05) is 0 Å². The third-order valence-electron chi connectivity index (χ3n) is 4.80. The molecule has 2 aromatic rings. The van der Waals surface area contributed by atoms with Crippen molar-refractivity contribution in [3.05, 3.63) is 71.8 Å². The van der Waals surface area contributed by atoms with Crippen LogP contribution in [0.15, 0.2) is 60.7 Å². The molecular formula is C33H72. The van der Waals surface area contributed by atoms with Crippen LogP contribution in [0.2, 0.25) is 0 Å². The van der Waals surface area contributed by atoms with Crippen molar-refractivity contribution in [1.29, 1.82) is 0 Å². The number of hydrogen-bond donors (Lipinski definition) is 0. The Balaban J connectivity index is -0.0000000392. The maximum atomic E-state index is 2.27. The number of benzene rings is 2. The second-order valence-corrected chi connectivity index (χ2v) is 6.61. The van der Waals surface area contributed by atoms with Gasteiger partial charge in [0.05, 0.1) is 0 Å². The maximum Gasteiger partial charge on any atom is -0.0165 e. The minimum atomic E-state index is 0. The van der Waals surface area contributed by atoms with Crippen molar-refractivity contribution in [2.45, 2.75) is 145 Å². The molecule has 0 fully saturated rings. The molecule has 33 heavy (non-hydrogen) atoms. The molecule has 0 N–H and O–H groups in total. The summed E-state index contributed by atoms with van der Waals surface area (Å²) in [6.45, 7) is 9.05. The Morgan fingerprint density at radius 1 is 0.424 bits per heavy atom. The van der Waals surface area contributed by atoms with Crippen molar-refractivity contribution in [2.24, 2.45) is 0 Å². The Bertz CT molecular complexity index is 451. The van der Waals surface area contributed by atoms with E-state index >= 15 is 0 Å². The van der Waals surface area contributed by atoms with Gasteiger partial charge in [0.25, 0.3) is 0 Å².